The van der Waals surface area contributed by atoms with Crippen LogP contribution in [-0.2, 0) is 9.53 Å². The number of hydrogen-bond acceptors (Lipinski definition) is 3. The van der Waals surface area contributed by atoms with Crippen molar-refractivity contribution in [3.05, 3.63) is 0 Å². The molecule has 0 aromatic carbocycles. The molecule has 3 heterocycles. The number of likely N-dealkylation sites (tertiary alicyclic amines) is 1. The van der Waals surface area contributed by atoms with E-state index in [1.807, 2.05) is 11.8 Å². The fraction of sp³-hybridized carbons (Fsp3) is 0.923. The molecule has 4 nitrogen and oxygen atoms in total. The molecule has 3 atom stereocenters. The first kappa shape index (κ1) is 11.5. The van der Waals surface area contributed by atoms with E-state index >= 15 is 0 Å². The third kappa shape index (κ3) is 1.97. The van der Waals surface area contributed by atoms with Crippen LogP contribution in [0.15, 0.2) is 0 Å². The van der Waals surface area contributed by atoms with Crippen LogP contribution in [0.1, 0.15) is 32.6 Å². The van der Waals surface area contributed by atoms with Gasteiger partial charge in [-0.25, -0.2) is 0 Å². The molecule has 0 spiro atoms. The Labute approximate surface area is 103 Å². The molecule has 0 radical (unpaired) electrons. The second-order valence-electron chi connectivity index (χ2n) is 5.86. The molecule has 4 heteroatoms. The molecule has 0 bridgehead atoms. The minimum absolute atomic E-state index is 0.214. The lowest BCUT2D eigenvalue weighted by molar-refractivity contribution is -0.150. The maximum atomic E-state index is 12.5. The minimum Gasteiger partial charge on any atom is -0.365 e. The maximum Gasteiger partial charge on any atom is 0.254 e. The Bertz CT molecular complexity index is 299. The average molecular weight is 238 g/mol. The van der Waals surface area contributed by atoms with Crippen molar-refractivity contribution >= 4 is 5.91 Å². The van der Waals surface area contributed by atoms with E-state index in [2.05, 4.69) is 5.32 Å². The Balaban J connectivity index is 1.67. The number of hydrogen-bond donors (Lipinski definition) is 1. The molecule has 17 heavy (non-hydrogen) atoms. The molecule has 1 N–H and O–H groups in total. The third-order valence-electron chi connectivity index (χ3n) is 4.56. The highest BCUT2D eigenvalue weighted by Crippen LogP contribution is 2.31. The van der Waals surface area contributed by atoms with E-state index in [0.717, 1.165) is 39.1 Å². The Kier molecular flexibility index (Phi) is 2.87. The number of carbonyl (C=O) groups excluding carboxylic acids is 1. The van der Waals surface area contributed by atoms with E-state index in [9.17, 15) is 4.79 Å². The van der Waals surface area contributed by atoms with Gasteiger partial charge in [-0.15, -0.1) is 0 Å². The number of nitrogens with zero attached hydrogens (tertiary/aromatic N) is 1. The molecule has 0 aliphatic carbocycles. The Morgan fingerprint density at radius 1 is 1.41 bits per heavy atom. The zero-order chi connectivity index (χ0) is 11.9. The van der Waals surface area contributed by atoms with E-state index in [0.29, 0.717) is 12.0 Å². The zero-order valence-corrected chi connectivity index (χ0v) is 10.6. The number of nitrogens with one attached hydrogen (secondary N) is 1. The summed E-state index contributed by atoms with van der Waals surface area (Å²) in [6, 6.07) is 0.526. The molecule has 3 fully saturated rings. The van der Waals surface area contributed by atoms with E-state index in [1.54, 1.807) is 0 Å². The van der Waals surface area contributed by atoms with Gasteiger partial charge in [-0.2, -0.15) is 0 Å². The largest absolute Gasteiger partial charge is 0.365 e. The predicted octanol–water partition coefficient (Wildman–Crippen LogP) is 0.766. The van der Waals surface area contributed by atoms with E-state index in [4.69, 9.17) is 4.74 Å². The van der Waals surface area contributed by atoms with Crippen LogP contribution in [0.4, 0.5) is 0 Å². The lowest BCUT2D eigenvalue weighted by atomic mass is 9.94. The van der Waals surface area contributed by atoms with Crippen molar-refractivity contribution in [3.63, 3.8) is 0 Å². The summed E-state index contributed by atoms with van der Waals surface area (Å²) in [6.07, 6.45) is 4.41. The summed E-state index contributed by atoms with van der Waals surface area (Å²) < 4.78 is 5.66. The molecule has 1 amide bonds. The first-order chi connectivity index (χ1) is 8.19. The highest BCUT2D eigenvalue weighted by molar-refractivity contribution is 5.85. The maximum absolute atomic E-state index is 12.5. The predicted molar refractivity (Wildman–Crippen MR) is 64.7 cm³/mol. The summed E-state index contributed by atoms with van der Waals surface area (Å²) >= 11 is 0. The molecule has 3 aliphatic heterocycles. The summed E-state index contributed by atoms with van der Waals surface area (Å²) in [7, 11) is 0. The number of fused-ring (bicyclic) bond motifs is 1. The summed E-state index contributed by atoms with van der Waals surface area (Å²) in [6.45, 7) is 5.60. The van der Waals surface area contributed by atoms with Gasteiger partial charge in [0.1, 0.15) is 5.60 Å². The molecule has 0 aromatic heterocycles. The smallest absolute Gasteiger partial charge is 0.254 e. The Morgan fingerprint density at radius 3 is 3.00 bits per heavy atom. The van der Waals surface area contributed by atoms with Gasteiger partial charge < -0.3 is 15.0 Å². The van der Waals surface area contributed by atoms with Gasteiger partial charge in [-0.3, -0.25) is 4.79 Å². The van der Waals surface area contributed by atoms with Crippen molar-refractivity contribution in [2.24, 2.45) is 5.92 Å². The van der Waals surface area contributed by atoms with Gasteiger partial charge in [0.2, 0.25) is 0 Å². The summed E-state index contributed by atoms with van der Waals surface area (Å²) in [4.78, 5) is 14.5. The summed E-state index contributed by atoms with van der Waals surface area (Å²) in [5.74, 6) is 0.879. The van der Waals surface area contributed by atoms with Crippen molar-refractivity contribution in [1.82, 2.24) is 10.2 Å². The van der Waals surface area contributed by atoms with Crippen molar-refractivity contribution in [2.45, 2.75) is 44.2 Å². The van der Waals surface area contributed by atoms with Gasteiger partial charge in [0.25, 0.3) is 5.91 Å². The lowest BCUT2D eigenvalue weighted by Gasteiger charge is -2.28. The average Bonchev–Trinajstić information content (AvgIpc) is 2.94. The highest BCUT2D eigenvalue weighted by Gasteiger charge is 2.45. The fourth-order valence-corrected chi connectivity index (χ4v) is 3.49. The van der Waals surface area contributed by atoms with Crippen LogP contribution in [0.25, 0.3) is 0 Å². The number of carbonyl (C=O) groups is 1. The second-order valence-corrected chi connectivity index (χ2v) is 5.86. The normalized spacial score (nSPS) is 41.6. The molecule has 3 saturated heterocycles. The minimum atomic E-state index is -0.534. The van der Waals surface area contributed by atoms with Crippen LogP contribution < -0.4 is 5.32 Å². The molecule has 1 unspecified atom stereocenters. The van der Waals surface area contributed by atoms with Crippen molar-refractivity contribution in [2.75, 3.05) is 26.2 Å². The molecule has 0 saturated carbocycles. The number of ether oxygens (including phenoxy) is 1. The van der Waals surface area contributed by atoms with Crippen molar-refractivity contribution in [3.8, 4) is 0 Å². The molecule has 0 aromatic rings. The van der Waals surface area contributed by atoms with Crippen LogP contribution >= 0.6 is 0 Å². The lowest BCUT2D eigenvalue weighted by Crippen LogP contribution is -2.47. The molecular formula is C13H22N2O2. The molecule has 3 rings (SSSR count). The topological polar surface area (TPSA) is 41.6 Å². The number of piperidine rings is 1. The van der Waals surface area contributed by atoms with E-state index in [-0.39, 0.29) is 5.91 Å². The van der Waals surface area contributed by atoms with Crippen molar-refractivity contribution < 1.29 is 9.53 Å². The Hall–Kier alpha value is -0.610. The fourth-order valence-electron chi connectivity index (χ4n) is 3.49. The number of rotatable bonds is 1. The summed E-state index contributed by atoms with van der Waals surface area (Å²) in [5.41, 5.74) is -0.534. The summed E-state index contributed by atoms with van der Waals surface area (Å²) in [5, 5.41) is 3.53. The van der Waals surface area contributed by atoms with Crippen LogP contribution in [0.2, 0.25) is 0 Å². The van der Waals surface area contributed by atoms with Gasteiger partial charge in [0.15, 0.2) is 0 Å². The SMILES string of the molecule is CC1(C(=O)N2C[C@@H]3CCCN[C@@H]3C2)CCCO1. The van der Waals surface area contributed by atoms with Gasteiger partial charge in [-0.1, -0.05) is 0 Å². The van der Waals surface area contributed by atoms with E-state index < -0.39 is 5.60 Å². The van der Waals surface area contributed by atoms with Gasteiger partial charge >= 0.3 is 0 Å². The number of amides is 1. The van der Waals surface area contributed by atoms with Crippen molar-refractivity contribution in [1.29, 1.82) is 0 Å². The molecule has 3 aliphatic rings. The first-order valence-corrected chi connectivity index (χ1v) is 6.86. The van der Waals surface area contributed by atoms with Crippen LogP contribution in [0.5, 0.6) is 0 Å². The zero-order valence-electron chi connectivity index (χ0n) is 10.6. The molecule has 96 valence electrons. The second kappa shape index (κ2) is 4.25. The standard InChI is InChI=1S/C13H22N2O2/c1-13(5-3-7-17-13)12(16)15-8-10-4-2-6-14-11(10)9-15/h10-11,14H,2-9H2,1H3/t10-,11+,13?/m0/s1. The van der Waals surface area contributed by atoms with Crippen LogP contribution in [0, 0.1) is 5.92 Å². The highest BCUT2D eigenvalue weighted by atomic mass is 16.5. The third-order valence-corrected chi connectivity index (χ3v) is 4.56. The van der Waals surface area contributed by atoms with Gasteiger partial charge in [0.05, 0.1) is 0 Å². The van der Waals surface area contributed by atoms with Crippen LogP contribution in [-0.4, -0.2) is 48.7 Å². The van der Waals surface area contributed by atoms with Gasteiger partial charge in [0, 0.05) is 25.7 Å². The Morgan fingerprint density at radius 2 is 2.29 bits per heavy atom. The van der Waals surface area contributed by atoms with Gasteiger partial charge in [-0.05, 0) is 45.1 Å². The first-order valence-electron chi connectivity index (χ1n) is 6.86. The van der Waals surface area contributed by atoms with Crippen LogP contribution in [0.3, 0.4) is 0 Å². The monoisotopic (exact) mass is 238 g/mol. The quantitative estimate of drug-likeness (QED) is 0.733. The molecular weight excluding hydrogens is 216 g/mol. The van der Waals surface area contributed by atoms with E-state index in [1.165, 1.54) is 12.8 Å².